The molecule has 0 radical (unpaired) electrons. The van der Waals surface area contributed by atoms with Crippen molar-refractivity contribution in [2.45, 2.75) is 19.4 Å². The third-order valence-corrected chi connectivity index (χ3v) is 5.01. The molecule has 1 fully saturated rings. The summed E-state index contributed by atoms with van der Waals surface area (Å²) in [7, 11) is 1.68. The SMILES string of the molecule is COc1ccc(CN=CC2(C#Cc3ccc(-c4ccccc4)cc3)CC2)cc1. The number of aliphatic imine (C=N–C) groups is 1. The summed E-state index contributed by atoms with van der Waals surface area (Å²) in [4.78, 5) is 4.63. The third kappa shape index (κ3) is 4.50. The molecule has 0 heterocycles. The molecule has 4 rings (SSSR count). The largest absolute Gasteiger partial charge is 0.497 e. The Morgan fingerprint density at radius 2 is 1.57 bits per heavy atom. The second kappa shape index (κ2) is 8.15. The Morgan fingerprint density at radius 3 is 2.21 bits per heavy atom. The fourth-order valence-corrected chi connectivity index (χ4v) is 3.05. The molecule has 138 valence electrons. The van der Waals surface area contributed by atoms with Crippen LogP contribution in [0.1, 0.15) is 24.0 Å². The lowest BCUT2D eigenvalue weighted by atomic mass is 10.0. The lowest BCUT2D eigenvalue weighted by molar-refractivity contribution is 0.414. The van der Waals surface area contributed by atoms with Gasteiger partial charge in [0.1, 0.15) is 5.75 Å². The van der Waals surface area contributed by atoms with Crippen molar-refractivity contribution in [2.75, 3.05) is 7.11 Å². The molecule has 2 heteroatoms. The van der Waals surface area contributed by atoms with Gasteiger partial charge in [0.2, 0.25) is 0 Å². The summed E-state index contributed by atoms with van der Waals surface area (Å²) in [5.41, 5.74) is 4.64. The number of methoxy groups -OCH3 is 1. The van der Waals surface area contributed by atoms with Crippen molar-refractivity contribution in [3.63, 3.8) is 0 Å². The Bertz CT molecular complexity index is 1000. The fourth-order valence-electron chi connectivity index (χ4n) is 3.05. The van der Waals surface area contributed by atoms with E-state index in [1.807, 2.05) is 24.4 Å². The first-order valence-corrected chi connectivity index (χ1v) is 9.59. The van der Waals surface area contributed by atoms with Gasteiger partial charge in [-0.1, -0.05) is 66.4 Å². The van der Waals surface area contributed by atoms with E-state index in [1.165, 1.54) is 16.7 Å². The lowest BCUT2D eigenvalue weighted by Gasteiger charge is -2.02. The van der Waals surface area contributed by atoms with Crippen molar-refractivity contribution in [2.24, 2.45) is 10.4 Å². The maximum Gasteiger partial charge on any atom is 0.118 e. The number of rotatable bonds is 5. The second-order valence-corrected chi connectivity index (χ2v) is 7.17. The summed E-state index contributed by atoms with van der Waals surface area (Å²) in [6.07, 6.45) is 4.23. The van der Waals surface area contributed by atoms with Crippen LogP contribution in [0.3, 0.4) is 0 Å². The molecule has 1 aliphatic rings. The molecular formula is C26H23NO. The van der Waals surface area contributed by atoms with Crippen molar-refractivity contribution in [1.82, 2.24) is 0 Å². The van der Waals surface area contributed by atoms with Crippen LogP contribution < -0.4 is 4.74 Å². The first kappa shape index (κ1) is 18.1. The first-order valence-electron chi connectivity index (χ1n) is 9.59. The van der Waals surface area contributed by atoms with Gasteiger partial charge in [0, 0.05) is 11.8 Å². The number of ether oxygens (including phenoxy) is 1. The van der Waals surface area contributed by atoms with Gasteiger partial charge in [0.25, 0.3) is 0 Å². The molecule has 2 nitrogen and oxygen atoms in total. The van der Waals surface area contributed by atoms with Crippen molar-refractivity contribution in [3.05, 3.63) is 90.0 Å². The quantitative estimate of drug-likeness (QED) is 0.416. The number of nitrogens with zero attached hydrogens (tertiary/aromatic N) is 1. The van der Waals surface area contributed by atoms with Crippen molar-refractivity contribution in [3.8, 4) is 28.7 Å². The molecule has 0 atom stereocenters. The normalized spacial score (nSPS) is 14.3. The maximum absolute atomic E-state index is 5.19. The summed E-state index contributed by atoms with van der Waals surface area (Å²) in [5, 5.41) is 0. The molecule has 1 saturated carbocycles. The van der Waals surface area contributed by atoms with Crippen molar-refractivity contribution >= 4 is 6.21 Å². The van der Waals surface area contributed by atoms with E-state index in [-0.39, 0.29) is 5.41 Å². The van der Waals surface area contributed by atoms with E-state index in [0.29, 0.717) is 6.54 Å². The van der Waals surface area contributed by atoms with E-state index in [2.05, 4.69) is 77.5 Å². The van der Waals surface area contributed by atoms with Gasteiger partial charge in [-0.25, -0.2) is 0 Å². The van der Waals surface area contributed by atoms with E-state index in [0.717, 1.165) is 24.2 Å². The van der Waals surface area contributed by atoms with Crippen LogP contribution in [0.25, 0.3) is 11.1 Å². The molecule has 28 heavy (non-hydrogen) atoms. The predicted octanol–water partition coefficient (Wildman–Crippen LogP) is 5.76. The standard InChI is InChI=1S/C26H23NO/c1-28-25-13-9-22(10-14-25)19-27-20-26(17-18-26)16-15-21-7-11-24(12-8-21)23-5-3-2-4-6-23/h2-14,20H,17-19H2,1H3. The minimum atomic E-state index is -0.0371. The van der Waals surface area contributed by atoms with Gasteiger partial charge in [0.15, 0.2) is 0 Å². The van der Waals surface area contributed by atoms with E-state index in [9.17, 15) is 0 Å². The van der Waals surface area contributed by atoms with Crippen LogP contribution in [0, 0.1) is 17.3 Å². The molecule has 1 aliphatic carbocycles. The van der Waals surface area contributed by atoms with Crippen LogP contribution in [0.15, 0.2) is 83.9 Å². The minimum absolute atomic E-state index is 0.0371. The third-order valence-electron chi connectivity index (χ3n) is 5.01. The fraction of sp³-hybridized carbons (Fsp3) is 0.192. The zero-order chi connectivity index (χ0) is 19.2. The molecule has 0 unspecified atom stereocenters. The Hall–Kier alpha value is -3.31. The Morgan fingerprint density at radius 1 is 0.893 bits per heavy atom. The highest BCUT2D eigenvalue weighted by Crippen LogP contribution is 2.43. The zero-order valence-electron chi connectivity index (χ0n) is 16.1. The number of hydrogen-bond acceptors (Lipinski definition) is 2. The minimum Gasteiger partial charge on any atom is -0.497 e. The van der Waals surface area contributed by atoms with E-state index in [1.54, 1.807) is 7.11 Å². The Balaban J connectivity index is 1.39. The van der Waals surface area contributed by atoms with Crippen LogP contribution in [0.2, 0.25) is 0 Å². The molecule has 3 aromatic rings. The summed E-state index contributed by atoms with van der Waals surface area (Å²) < 4.78 is 5.19. The maximum atomic E-state index is 5.19. The molecule has 0 aliphatic heterocycles. The highest BCUT2D eigenvalue weighted by Gasteiger charge is 2.39. The lowest BCUT2D eigenvalue weighted by Crippen LogP contribution is -1.98. The first-order chi connectivity index (χ1) is 13.8. The predicted molar refractivity (Wildman–Crippen MR) is 116 cm³/mol. The van der Waals surface area contributed by atoms with Crippen LogP contribution in [0.4, 0.5) is 0 Å². The summed E-state index contributed by atoms with van der Waals surface area (Å²) >= 11 is 0. The average molecular weight is 365 g/mol. The molecule has 0 bridgehead atoms. The van der Waals surface area contributed by atoms with Crippen molar-refractivity contribution < 1.29 is 4.74 Å². The van der Waals surface area contributed by atoms with Gasteiger partial charge in [0.05, 0.1) is 19.1 Å². The molecule has 0 N–H and O–H groups in total. The van der Waals surface area contributed by atoms with E-state index < -0.39 is 0 Å². The second-order valence-electron chi connectivity index (χ2n) is 7.17. The topological polar surface area (TPSA) is 21.6 Å². The number of hydrogen-bond donors (Lipinski definition) is 0. The van der Waals surface area contributed by atoms with Gasteiger partial charge < -0.3 is 4.74 Å². The molecule has 0 spiro atoms. The van der Waals surface area contributed by atoms with Gasteiger partial charge in [-0.3, -0.25) is 4.99 Å². The van der Waals surface area contributed by atoms with Gasteiger partial charge in [-0.15, -0.1) is 0 Å². The van der Waals surface area contributed by atoms with Crippen LogP contribution in [0.5, 0.6) is 5.75 Å². The van der Waals surface area contributed by atoms with Crippen LogP contribution in [-0.2, 0) is 6.54 Å². The van der Waals surface area contributed by atoms with Gasteiger partial charge in [-0.2, -0.15) is 0 Å². The molecule has 0 saturated heterocycles. The van der Waals surface area contributed by atoms with Gasteiger partial charge in [-0.05, 0) is 53.8 Å². The van der Waals surface area contributed by atoms with Crippen molar-refractivity contribution in [1.29, 1.82) is 0 Å². The highest BCUT2D eigenvalue weighted by atomic mass is 16.5. The molecule has 3 aromatic carbocycles. The smallest absolute Gasteiger partial charge is 0.118 e. The summed E-state index contributed by atoms with van der Waals surface area (Å²) in [5.74, 6) is 7.63. The molecule has 0 amide bonds. The molecule has 0 aromatic heterocycles. The Labute approximate surface area is 166 Å². The van der Waals surface area contributed by atoms with E-state index >= 15 is 0 Å². The van der Waals surface area contributed by atoms with Crippen LogP contribution >= 0.6 is 0 Å². The van der Waals surface area contributed by atoms with Crippen LogP contribution in [-0.4, -0.2) is 13.3 Å². The number of benzene rings is 3. The monoisotopic (exact) mass is 365 g/mol. The Kier molecular flexibility index (Phi) is 5.26. The van der Waals surface area contributed by atoms with E-state index in [4.69, 9.17) is 4.74 Å². The summed E-state index contributed by atoms with van der Waals surface area (Å²) in [6, 6.07) is 26.9. The summed E-state index contributed by atoms with van der Waals surface area (Å²) in [6.45, 7) is 0.680. The average Bonchev–Trinajstić information content (AvgIpc) is 3.54. The highest BCUT2D eigenvalue weighted by molar-refractivity contribution is 5.75. The zero-order valence-corrected chi connectivity index (χ0v) is 16.1. The molecular weight excluding hydrogens is 342 g/mol. The van der Waals surface area contributed by atoms with Gasteiger partial charge >= 0.3 is 0 Å².